The highest BCUT2D eigenvalue weighted by Crippen LogP contribution is 2.04. The van der Waals surface area contributed by atoms with E-state index < -0.39 is 22.7 Å². The van der Waals surface area contributed by atoms with Gasteiger partial charge in [0, 0.05) is 12.8 Å². The highest BCUT2D eigenvalue weighted by atomic mass is 35.5. The van der Waals surface area contributed by atoms with Crippen LogP contribution in [0.5, 0.6) is 0 Å². The van der Waals surface area contributed by atoms with E-state index in [9.17, 15) is 19.2 Å². The number of hydrogen-bond donors (Lipinski definition) is 2. The summed E-state index contributed by atoms with van der Waals surface area (Å²) in [6, 6.07) is 0. The SMILES string of the molecule is CCOC(=O)C(Cl)/C(C)=N/NC(=O)CCCCC(=O)N/N=C(\C)C(Cl)C(=O)OCC. The predicted octanol–water partition coefficient (Wildman–Crippen LogP) is 1.87. The lowest BCUT2D eigenvalue weighted by Crippen LogP contribution is -2.28. The number of ether oxygens (including phenoxy) is 2. The fourth-order valence-corrected chi connectivity index (χ4v) is 2.09. The molecule has 0 rings (SSSR count). The average molecular weight is 467 g/mol. The first-order chi connectivity index (χ1) is 14.1. The fraction of sp³-hybridized carbons (Fsp3) is 0.667. The van der Waals surface area contributed by atoms with E-state index in [4.69, 9.17) is 32.7 Å². The molecular formula is C18H28Cl2N4O6. The van der Waals surface area contributed by atoms with Gasteiger partial charge in [-0.15, -0.1) is 23.2 Å². The Kier molecular flexibility index (Phi) is 14.5. The lowest BCUT2D eigenvalue weighted by molar-refractivity contribution is -0.142. The summed E-state index contributed by atoms with van der Waals surface area (Å²) in [5.41, 5.74) is 5.01. The Morgan fingerprint density at radius 2 is 1.10 bits per heavy atom. The average Bonchev–Trinajstić information content (AvgIpc) is 2.72. The van der Waals surface area contributed by atoms with Gasteiger partial charge in [-0.3, -0.25) is 19.2 Å². The van der Waals surface area contributed by atoms with E-state index in [1.165, 1.54) is 13.8 Å². The van der Waals surface area contributed by atoms with Crippen LogP contribution in [-0.4, -0.2) is 59.1 Å². The third kappa shape index (κ3) is 11.7. The van der Waals surface area contributed by atoms with Crippen LogP contribution in [-0.2, 0) is 28.7 Å². The van der Waals surface area contributed by atoms with Crippen molar-refractivity contribution < 1.29 is 28.7 Å². The van der Waals surface area contributed by atoms with Crippen LogP contribution >= 0.6 is 23.2 Å². The van der Waals surface area contributed by atoms with Gasteiger partial charge in [0.1, 0.15) is 0 Å². The molecule has 0 aliphatic heterocycles. The Morgan fingerprint density at radius 3 is 1.40 bits per heavy atom. The largest absolute Gasteiger partial charge is 0.465 e. The molecule has 12 heteroatoms. The van der Waals surface area contributed by atoms with Crippen molar-refractivity contribution in [2.45, 2.75) is 64.1 Å². The number of esters is 2. The molecule has 0 aromatic rings. The van der Waals surface area contributed by atoms with Gasteiger partial charge in [-0.25, -0.2) is 10.9 Å². The zero-order valence-corrected chi connectivity index (χ0v) is 19.0. The second kappa shape index (κ2) is 15.6. The molecule has 0 radical (unpaired) electrons. The molecule has 2 N–H and O–H groups in total. The number of unbranched alkanes of at least 4 members (excludes halogenated alkanes) is 1. The standard InChI is InChI=1S/C18H28Cl2N4O6/c1-5-29-17(27)15(19)11(3)21-23-13(25)9-7-8-10-14(26)24-22-12(4)16(20)18(28)30-6-2/h15-16H,5-10H2,1-4H3,(H,23,25)(H,24,26)/b21-11+,22-12+. The highest BCUT2D eigenvalue weighted by molar-refractivity contribution is 6.42. The number of nitrogens with one attached hydrogen (secondary N) is 2. The maximum absolute atomic E-state index is 11.8. The summed E-state index contributed by atoms with van der Waals surface area (Å²) in [7, 11) is 0. The third-order valence-electron chi connectivity index (χ3n) is 3.49. The summed E-state index contributed by atoms with van der Waals surface area (Å²) < 4.78 is 9.52. The zero-order chi connectivity index (χ0) is 23.1. The third-order valence-corrected chi connectivity index (χ3v) is 4.48. The van der Waals surface area contributed by atoms with Gasteiger partial charge in [0.15, 0.2) is 10.8 Å². The van der Waals surface area contributed by atoms with Gasteiger partial charge >= 0.3 is 11.9 Å². The molecule has 0 fully saturated rings. The molecule has 30 heavy (non-hydrogen) atoms. The number of halogens is 2. The van der Waals surface area contributed by atoms with Crippen molar-refractivity contribution in [1.82, 2.24) is 10.9 Å². The maximum atomic E-state index is 11.8. The highest BCUT2D eigenvalue weighted by Gasteiger charge is 2.21. The van der Waals surface area contributed by atoms with Crippen molar-refractivity contribution in [3.8, 4) is 0 Å². The number of carbonyl (C=O) groups is 4. The van der Waals surface area contributed by atoms with Crippen molar-refractivity contribution >= 4 is 58.4 Å². The summed E-state index contributed by atoms with van der Waals surface area (Å²) in [6.45, 7) is 6.68. The lowest BCUT2D eigenvalue weighted by atomic mass is 10.2. The predicted molar refractivity (Wildman–Crippen MR) is 114 cm³/mol. The van der Waals surface area contributed by atoms with E-state index in [0.717, 1.165) is 0 Å². The summed E-state index contributed by atoms with van der Waals surface area (Å²) >= 11 is 11.7. The Balaban J connectivity index is 4.19. The van der Waals surface area contributed by atoms with Gasteiger partial charge in [-0.1, -0.05) is 0 Å². The van der Waals surface area contributed by atoms with E-state index in [0.29, 0.717) is 12.8 Å². The van der Waals surface area contributed by atoms with Gasteiger partial charge in [0.05, 0.1) is 24.6 Å². The maximum Gasteiger partial charge on any atom is 0.329 e. The van der Waals surface area contributed by atoms with Crippen molar-refractivity contribution in [3.63, 3.8) is 0 Å². The summed E-state index contributed by atoms with van der Waals surface area (Å²) in [6.07, 6.45) is 1.12. The van der Waals surface area contributed by atoms with Crippen molar-refractivity contribution in [3.05, 3.63) is 0 Å². The zero-order valence-electron chi connectivity index (χ0n) is 17.5. The Hall–Kier alpha value is -2.20. The van der Waals surface area contributed by atoms with Crippen molar-refractivity contribution in [2.75, 3.05) is 13.2 Å². The van der Waals surface area contributed by atoms with E-state index in [1.807, 2.05) is 0 Å². The molecule has 0 heterocycles. The second-order valence-electron chi connectivity index (χ2n) is 6.01. The van der Waals surface area contributed by atoms with E-state index in [2.05, 4.69) is 21.1 Å². The molecule has 0 aromatic carbocycles. The first-order valence-electron chi connectivity index (χ1n) is 9.41. The van der Waals surface area contributed by atoms with Crippen LogP contribution in [0.2, 0.25) is 0 Å². The number of amides is 2. The number of alkyl halides is 2. The molecule has 0 saturated carbocycles. The topological polar surface area (TPSA) is 136 Å². The molecule has 2 amide bonds. The van der Waals surface area contributed by atoms with Gasteiger partial charge in [0.2, 0.25) is 11.8 Å². The van der Waals surface area contributed by atoms with Crippen LogP contribution in [0.4, 0.5) is 0 Å². The number of hydrazone groups is 2. The lowest BCUT2D eigenvalue weighted by Gasteiger charge is -2.09. The fourth-order valence-electron chi connectivity index (χ4n) is 1.87. The first-order valence-corrected chi connectivity index (χ1v) is 10.3. The van der Waals surface area contributed by atoms with Crippen molar-refractivity contribution in [2.24, 2.45) is 10.2 Å². The molecule has 0 spiro atoms. The summed E-state index contributed by atoms with van der Waals surface area (Å²) in [5.74, 6) is -2.03. The summed E-state index contributed by atoms with van der Waals surface area (Å²) in [5, 5.41) is 5.39. The van der Waals surface area contributed by atoms with Gasteiger partial charge in [-0.2, -0.15) is 10.2 Å². The van der Waals surface area contributed by atoms with Crippen LogP contribution in [0.3, 0.4) is 0 Å². The minimum atomic E-state index is -1.07. The number of hydrogen-bond acceptors (Lipinski definition) is 8. The quantitative estimate of drug-likeness (QED) is 0.140. The molecule has 0 saturated heterocycles. The second-order valence-corrected chi connectivity index (χ2v) is 6.89. The molecule has 2 atom stereocenters. The van der Waals surface area contributed by atoms with Crippen molar-refractivity contribution in [1.29, 1.82) is 0 Å². The van der Waals surface area contributed by atoms with E-state index >= 15 is 0 Å². The number of nitrogens with zero attached hydrogens (tertiary/aromatic N) is 2. The van der Waals surface area contributed by atoms with Gasteiger partial charge in [0.25, 0.3) is 0 Å². The molecule has 10 nitrogen and oxygen atoms in total. The van der Waals surface area contributed by atoms with E-state index in [-0.39, 0.29) is 49.3 Å². The summed E-state index contributed by atoms with van der Waals surface area (Å²) in [4.78, 5) is 46.5. The smallest absolute Gasteiger partial charge is 0.329 e. The van der Waals surface area contributed by atoms with Crippen LogP contribution in [0, 0.1) is 0 Å². The van der Waals surface area contributed by atoms with Crippen LogP contribution in [0.25, 0.3) is 0 Å². The monoisotopic (exact) mass is 466 g/mol. The molecule has 0 bridgehead atoms. The van der Waals surface area contributed by atoms with E-state index in [1.54, 1.807) is 13.8 Å². The minimum absolute atomic E-state index is 0.130. The molecule has 0 aliphatic carbocycles. The normalized spacial score (nSPS) is 13.8. The molecule has 0 aliphatic rings. The number of rotatable bonds is 13. The molecular weight excluding hydrogens is 439 g/mol. The molecule has 170 valence electrons. The van der Waals surface area contributed by atoms with Crippen LogP contribution in [0.1, 0.15) is 53.4 Å². The van der Waals surface area contributed by atoms with Crippen LogP contribution in [0.15, 0.2) is 10.2 Å². The van der Waals surface area contributed by atoms with Gasteiger partial charge in [-0.05, 0) is 40.5 Å². The Labute approximate surface area is 185 Å². The Bertz CT molecular complexity index is 613. The first kappa shape index (κ1) is 27.8. The molecule has 2 unspecified atom stereocenters. The number of carbonyl (C=O) groups excluding carboxylic acids is 4. The van der Waals surface area contributed by atoms with Gasteiger partial charge < -0.3 is 9.47 Å². The molecule has 0 aromatic heterocycles. The van der Waals surface area contributed by atoms with Crippen LogP contribution < -0.4 is 10.9 Å². The Morgan fingerprint density at radius 1 is 0.767 bits per heavy atom. The minimum Gasteiger partial charge on any atom is -0.465 e.